The lowest BCUT2D eigenvalue weighted by atomic mass is 9.91. The van der Waals surface area contributed by atoms with Crippen LogP contribution in [0.4, 0.5) is 0 Å². The van der Waals surface area contributed by atoms with Crippen molar-refractivity contribution in [2.24, 2.45) is 0 Å². The predicted molar refractivity (Wildman–Crippen MR) is 205 cm³/mol. The Bertz CT molecular complexity index is 2880. The van der Waals surface area contributed by atoms with E-state index in [0.717, 1.165) is 27.6 Å². The molecule has 0 aliphatic rings. The Kier molecular flexibility index (Phi) is 6.32. The van der Waals surface area contributed by atoms with Gasteiger partial charge >= 0.3 is 0 Å². The molecule has 3 heterocycles. The van der Waals surface area contributed by atoms with Gasteiger partial charge in [0.25, 0.3) is 0 Å². The molecule has 5 heteroatoms. The molecule has 7 aromatic carbocycles. The summed E-state index contributed by atoms with van der Waals surface area (Å²) in [5.74, 6) is 1.96. The maximum Gasteiger partial charge on any atom is 0.164 e. The van der Waals surface area contributed by atoms with Crippen LogP contribution in [0.2, 0.25) is 0 Å². The number of fused-ring (bicyclic) bond motifs is 8. The van der Waals surface area contributed by atoms with Crippen LogP contribution in [-0.4, -0.2) is 19.9 Å². The van der Waals surface area contributed by atoms with E-state index >= 15 is 0 Å². The number of nitrogens with zero attached hydrogens (tertiary/aromatic N) is 4. The third-order valence-electron chi connectivity index (χ3n) is 9.42. The summed E-state index contributed by atoms with van der Waals surface area (Å²) < 4.78 is 2.50. The Labute approximate surface area is 286 Å². The van der Waals surface area contributed by atoms with Gasteiger partial charge in [-0.2, -0.15) is 0 Å². The number of hydrogen-bond donors (Lipinski definition) is 0. The van der Waals surface area contributed by atoms with E-state index in [1.165, 1.54) is 52.7 Å². The number of benzene rings is 7. The van der Waals surface area contributed by atoms with Crippen molar-refractivity contribution in [3.05, 3.63) is 158 Å². The molecule has 0 radical (unpaired) electrons. The van der Waals surface area contributed by atoms with Gasteiger partial charge in [0, 0.05) is 54.6 Å². The number of pyridine rings is 1. The highest BCUT2D eigenvalue weighted by Crippen LogP contribution is 2.39. The van der Waals surface area contributed by atoms with Crippen LogP contribution in [0, 0.1) is 0 Å². The van der Waals surface area contributed by atoms with Gasteiger partial charge in [0.05, 0.1) is 0 Å². The van der Waals surface area contributed by atoms with Crippen molar-refractivity contribution in [2.75, 3.05) is 0 Å². The first-order valence-corrected chi connectivity index (χ1v) is 17.1. The summed E-state index contributed by atoms with van der Waals surface area (Å²) in [5, 5.41) is 9.76. The van der Waals surface area contributed by atoms with Crippen molar-refractivity contribution in [3.8, 4) is 45.3 Å². The molecule has 0 saturated carbocycles. The van der Waals surface area contributed by atoms with Crippen LogP contribution in [0.5, 0.6) is 0 Å². The van der Waals surface area contributed by atoms with Gasteiger partial charge in [-0.05, 0) is 62.3 Å². The molecule has 0 saturated heterocycles. The van der Waals surface area contributed by atoms with E-state index in [-0.39, 0.29) is 0 Å². The summed E-state index contributed by atoms with van der Waals surface area (Å²) in [4.78, 5) is 19.6. The first-order chi connectivity index (χ1) is 24.3. The van der Waals surface area contributed by atoms with Crippen LogP contribution in [0.3, 0.4) is 0 Å². The number of thiophene rings is 1. The smallest absolute Gasteiger partial charge is 0.164 e. The highest BCUT2D eigenvalue weighted by atomic mass is 32.1. The van der Waals surface area contributed by atoms with Gasteiger partial charge < -0.3 is 0 Å². The minimum absolute atomic E-state index is 0.644. The van der Waals surface area contributed by atoms with E-state index in [1.807, 2.05) is 42.7 Å². The molecule has 10 aromatic rings. The van der Waals surface area contributed by atoms with Gasteiger partial charge in [-0.1, -0.05) is 121 Å². The number of rotatable bonds is 4. The summed E-state index contributed by atoms with van der Waals surface area (Å²) >= 11 is 1.80. The van der Waals surface area contributed by atoms with Crippen LogP contribution in [-0.2, 0) is 0 Å². The molecule has 10 rings (SSSR count). The Balaban J connectivity index is 1.11. The first kappa shape index (κ1) is 27.8. The lowest BCUT2D eigenvalue weighted by Crippen LogP contribution is -2.00. The summed E-state index contributed by atoms with van der Waals surface area (Å²) in [6, 6.07) is 51.3. The Hall–Kier alpha value is -6.30. The SMILES string of the molecule is c1ccc(-c2nc(-c3ccc(-c4cc5c6ccccc6ccc5c5cnccc45)cc3)nc(-c3ccc4c(c3)sc3ccccc34)n2)cc1. The fourth-order valence-electron chi connectivity index (χ4n) is 7.01. The van der Waals surface area contributed by atoms with E-state index in [0.29, 0.717) is 17.5 Å². The van der Waals surface area contributed by atoms with Gasteiger partial charge in [0.2, 0.25) is 0 Å². The molecule has 0 N–H and O–H groups in total. The molecule has 49 heavy (non-hydrogen) atoms. The molecule has 3 aromatic heterocycles. The van der Waals surface area contributed by atoms with Crippen LogP contribution in [0.1, 0.15) is 0 Å². The highest BCUT2D eigenvalue weighted by molar-refractivity contribution is 7.25. The lowest BCUT2D eigenvalue weighted by Gasteiger charge is -2.13. The second kappa shape index (κ2) is 11.2. The van der Waals surface area contributed by atoms with Crippen molar-refractivity contribution >= 4 is 63.8 Å². The van der Waals surface area contributed by atoms with Crippen LogP contribution in [0.15, 0.2) is 158 Å². The zero-order chi connectivity index (χ0) is 32.3. The number of aromatic nitrogens is 4. The van der Waals surface area contributed by atoms with Crippen LogP contribution >= 0.6 is 11.3 Å². The molecule has 0 spiro atoms. The summed E-state index contributed by atoms with van der Waals surface area (Å²) in [5.41, 5.74) is 5.16. The maximum atomic E-state index is 5.06. The molecule has 4 nitrogen and oxygen atoms in total. The van der Waals surface area contributed by atoms with E-state index in [1.54, 1.807) is 11.3 Å². The van der Waals surface area contributed by atoms with Crippen molar-refractivity contribution < 1.29 is 0 Å². The predicted octanol–water partition coefficient (Wildman–Crippen LogP) is 11.8. The number of hydrogen-bond acceptors (Lipinski definition) is 5. The molecule has 0 fully saturated rings. The van der Waals surface area contributed by atoms with Gasteiger partial charge in [0.15, 0.2) is 17.5 Å². The fourth-order valence-corrected chi connectivity index (χ4v) is 8.15. The monoisotopic (exact) mass is 642 g/mol. The summed E-state index contributed by atoms with van der Waals surface area (Å²) in [6.45, 7) is 0. The van der Waals surface area contributed by atoms with Gasteiger partial charge in [-0.3, -0.25) is 4.98 Å². The molecule has 0 aliphatic carbocycles. The Morgan fingerprint density at radius 2 is 1.00 bits per heavy atom. The average Bonchev–Trinajstić information content (AvgIpc) is 3.56. The first-order valence-electron chi connectivity index (χ1n) is 16.3. The minimum atomic E-state index is 0.644. The standard InChI is InChI=1S/C44H26N4S/c1-2-9-29(10-3-1)42-46-43(48-44(47-42)31-19-21-36-35-12-6-7-13-40(35)49-41(36)24-31)30-16-14-28(15-17-30)37-25-38-32-11-5-4-8-27(32)18-20-33(38)39-26-45-23-22-34(37)39/h1-26H. The molecule has 0 amide bonds. The van der Waals surface area contributed by atoms with Crippen molar-refractivity contribution in [1.82, 2.24) is 19.9 Å². The zero-order valence-electron chi connectivity index (χ0n) is 26.2. The largest absolute Gasteiger partial charge is 0.264 e. The Morgan fingerprint density at radius 1 is 0.367 bits per heavy atom. The maximum absolute atomic E-state index is 5.06. The van der Waals surface area contributed by atoms with E-state index < -0.39 is 0 Å². The zero-order valence-corrected chi connectivity index (χ0v) is 27.0. The second-order valence-electron chi connectivity index (χ2n) is 12.3. The van der Waals surface area contributed by atoms with Crippen molar-refractivity contribution in [1.29, 1.82) is 0 Å². The fraction of sp³-hybridized carbons (Fsp3) is 0. The molecule has 228 valence electrons. The van der Waals surface area contributed by atoms with E-state index in [4.69, 9.17) is 15.0 Å². The normalized spacial score (nSPS) is 11.7. The van der Waals surface area contributed by atoms with Gasteiger partial charge in [-0.15, -0.1) is 11.3 Å². The third kappa shape index (κ3) is 4.66. The summed E-state index contributed by atoms with van der Waals surface area (Å²) in [6.07, 6.45) is 3.86. The minimum Gasteiger partial charge on any atom is -0.264 e. The average molecular weight is 643 g/mol. The molecule has 0 unspecified atom stereocenters. The van der Waals surface area contributed by atoms with Gasteiger partial charge in [0.1, 0.15) is 0 Å². The molecular formula is C44H26N4S. The highest BCUT2D eigenvalue weighted by Gasteiger charge is 2.16. The second-order valence-corrected chi connectivity index (χ2v) is 13.4. The third-order valence-corrected chi connectivity index (χ3v) is 10.6. The molecule has 0 aliphatic heterocycles. The van der Waals surface area contributed by atoms with Crippen LogP contribution < -0.4 is 0 Å². The van der Waals surface area contributed by atoms with Crippen LogP contribution in [0.25, 0.3) is 97.8 Å². The molecule has 0 bridgehead atoms. The quantitative estimate of drug-likeness (QED) is 0.179. The molecule has 0 atom stereocenters. The van der Waals surface area contributed by atoms with E-state index in [2.05, 4.69) is 120 Å². The Morgan fingerprint density at radius 3 is 1.84 bits per heavy atom. The topological polar surface area (TPSA) is 51.6 Å². The van der Waals surface area contributed by atoms with Crippen molar-refractivity contribution in [2.45, 2.75) is 0 Å². The van der Waals surface area contributed by atoms with Crippen molar-refractivity contribution in [3.63, 3.8) is 0 Å². The molecular weight excluding hydrogens is 617 g/mol. The van der Waals surface area contributed by atoms with Gasteiger partial charge in [-0.25, -0.2) is 15.0 Å². The summed E-state index contributed by atoms with van der Waals surface area (Å²) in [7, 11) is 0. The lowest BCUT2D eigenvalue weighted by molar-refractivity contribution is 1.07. The van der Waals surface area contributed by atoms with E-state index in [9.17, 15) is 0 Å².